The number of nitrogens with zero attached hydrogens (tertiary/aromatic N) is 1. The van der Waals surface area contributed by atoms with Crippen molar-refractivity contribution in [2.75, 3.05) is 40.3 Å². The van der Waals surface area contributed by atoms with E-state index in [1.165, 1.54) is 18.1 Å². The highest BCUT2D eigenvalue weighted by Crippen LogP contribution is 2.51. The quantitative estimate of drug-likeness (QED) is 0.334. The first-order chi connectivity index (χ1) is 19.9. The maximum absolute atomic E-state index is 13.5. The molecule has 3 aliphatic rings. The molecule has 0 radical (unpaired) electrons. The molecule has 1 aliphatic carbocycles. The standard InChI is InChI=1S/C29H32N2O10/c1-3-38-14-24(34)31(12-16-4-5-21-22(9-16)40-15-39-21)20-11-19(29(36)30-6-7-32)25-18-8-17(13-33)10-23(37-2)27(18)41-28(25)26(20)35/h4-5,8-11,13,20,25-26,28,32,35H,3,6-7,12,14-15H2,1-2H3,(H,30,36)/t20-,25+,26+,28+/m1/s1. The van der Waals surface area contributed by atoms with Crippen LogP contribution in [0, 0.1) is 0 Å². The molecule has 0 spiro atoms. The Kier molecular flexibility index (Phi) is 8.43. The second-order valence-corrected chi connectivity index (χ2v) is 9.75. The molecule has 0 unspecified atom stereocenters. The summed E-state index contributed by atoms with van der Waals surface area (Å²) in [5.41, 5.74) is 1.75. The Labute approximate surface area is 236 Å². The molecule has 12 nitrogen and oxygen atoms in total. The molecule has 0 saturated heterocycles. The van der Waals surface area contributed by atoms with Crippen LogP contribution in [0.25, 0.3) is 0 Å². The number of nitrogens with one attached hydrogen (secondary N) is 1. The molecule has 0 fully saturated rings. The molecule has 12 heteroatoms. The lowest BCUT2D eigenvalue weighted by atomic mass is 9.77. The minimum absolute atomic E-state index is 0.00360. The van der Waals surface area contributed by atoms with Crippen molar-refractivity contribution in [3.05, 3.63) is 58.7 Å². The van der Waals surface area contributed by atoms with Crippen LogP contribution in [-0.4, -0.2) is 91.7 Å². The Morgan fingerprint density at radius 3 is 2.73 bits per heavy atom. The van der Waals surface area contributed by atoms with Crippen molar-refractivity contribution >= 4 is 18.1 Å². The third kappa shape index (κ3) is 5.45. The number of hydrogen-bond donors (Lipinski definition) is 3. The number of aldehydes is 1. The first-order valence-electron chi connectivity index (χ1n) is 13.3. The Bertz CT molecular complexity index is 1360. The average molecular weight is 569 g/mol. The molecule has 2 aromatic rings. The maximum atomic E-state index is 13.5. The van der Waals surface area contributed by atoms with E-state index in [0.717, 1.165) is 0 Å². The molecule has 2 heterocycles. The summed E-state index contributed by atoms with van der Waals surface area (Å²) in [6, 6.07) is 7.41. The maximum Gasteiger partial charge on any atom is 0.249 e. The third-order valence-electron chi connectivity index (χ3n) is 7.31. The van der Waals surface area contributed by atoms with E-state index in [-0.39, 0.29) is 44.4 Å². The number of ether oxygens (including phenoxy) is 5. The fourth-order valence-electron chi connectivity index (χ4n) is 5.43. The molecule has 0 bridgehead atoms. The summed E-state index contributed by atoms with van der Waals surface area (Å²) in [4.78, 5) is 40.0. The van der Waals surface area contributed by atoms with E-state index in [9.17, 15) is 24.6 Å². The summed E-state index contributed by atoms with van der Waals surface area (Å²) in [7, 11) is 1.43. The molecule has 3 N–H and O–H groups in total. The molecule has 5 rings (SSSR count). The van der Waals surface area contributed by atoms with Crippen LogP contribution in [0.15, 0.2) is 42.0 Å². The molecule has 2 aliphatic heterocycles. The second kappa shape index (κ2) is 12.2. The highest BCUT2D eigenvalue weighted by Gasteiger charge is 2.51. The number of hydrogen-bond acceptors (Lipinski definition) is 10. The van der Waals surface area contributed by atoms with Crippen LogP contribution in [0.3, 0.4) is 0 Å². The summed E-state index contributed by atoms with van der Waals surface area (Å²) in [6.45, 7) is 1.71. The Balaban J connectivity index is 1.57. The predicted octanol–water partition coefficient (Wildman–Crippen LogP) is 0.924. The van der Waals surface area contributed by atoms with Crippen molar-refractivity contribution in [2.24, 2.45) is 0 Å². The van der Waals surface area contributed by atoms with Crippen LogP contribution in [0.4, 0.5) is 0 Å². The molecular weight excluding hydrogens is 536 g/mol. The van der Waals surface area contributed by atoms with E-state index in [2.05, 4.69) is 5.32 Å². The Morgan fingerprint density at radius 1 is 1.20 bits per heavy atom. The summed E-state index contributed by atoms with van der Waals surface area (Å²) >= 11 is 0. The molecule has 4 atom stereocenters. The van der Waals surface area contributed by atoms with E-state index >= 15 is 0 Å². The second-order valence-electron chi connectivity index (χ2n) is 9.75. The molecule has 2 aromatic carbocycles. The van der Waals surface area contributed by atoms with Gasteiger partial charge in [0.15, 0.2) is 23.0 Å². The van der Waals surface area contributed by atoms with Gasteiger partial charge in [-0.25, -0.2) is 0 Å². The van der Waals surface area contributed by atoms with Crippen molar-refractivity contribution < 1.29 is 48.3 Å². The van der Waals surface area contributed by atoms with Crippen LogP contribution in [0.2, 0.25) is 0 Å². The lowest BCUT2D eigenvalue weighted by Gasteiger charge is -2.40. The average Bonchev–Trinajstić information content (AvgIpc) is 3.62. The third-order valence-corrected chi connectivity index (χ3v) is 7.31. The first-order valence-corrected chi connectivity index (χ1v) is 13.3. The fourth-order valence-corrected chi connectivity index (χ4v) is 5.43. The lowest BCUT2D eigenvalue weighted by Crippen LogP contribution is -2.56. The number of aliphatic hydroxyl groups is 2. The number of carbonyl (C=O) groups is 3. The number of fused-ring (bicyclic) bond motifs is 4. The highest BCUT2D eigenvalue weighted by molar-refractivity contribution is 5.96. The van der Waals surface area contributed by atoms with Crippen LogP contribution in [0.5, 0.6) is 23.0 Å². The molecular formula is C29H32N2O10. The zero-order valence-corrected chi connectivity index (χ0v) is 22.7. The molecule has 2 amide bonds. The van der Waals surface area contributed by atoms with Gasteiger partial charge in [-0.15, -0.1) is 0 Å². The van der Waals surface area contributed by atoms with Gasteiger partial charge >= 0.3 is 0 Å². The van der Waals surface area contributed by atoms with E-state index < -0.39 is 36.0 Å². The van der Waals surface area contributed by atoms with Crippen molar-refractivity contribution in [3.63, 3.8) is 0 Å². The van der Waals surface area contributed by atoms with E-state index in [1.54, 1.807) is 37.3 Å². The van der Waals surface area contributed by atoms with Crippen molar-refractivity contribution in [1.29, 1.82) is 0 Å². The summed E-state index contributed by atoms with van der Waals surface area (Å²) < 4.78 is 28.0. The number of aliphatic hydroxyl groups excluding tert-OH is 2. The minimum atomic E-state index is -1.27. The number of methoxy groups -OCH3 is 1. The summed E-state index contributed by atoms with van der Waals surface area (Å²) in [5, 5.41) is 23.7. The van der Waals surface area contributed by atoms with Crippen molar-refractivity contribution in [2.45, 2.75) is 37.6 Å². The lowest BCUT2D eigenvalue weighted by molar-refractivity contribution is -0.142. The van der Waals surface area contributed by atoms with Crippen LogP contribution >= 0.6 is 0 Å². The Morgan fingerprint density at radius 2 is 2.00 bits per heavy atom. The van der Waals surface area contributed by atoms with Gasteiger partial charge in [-0.3, -0.25) is 14.4 Å². The topological polar surface area (TPSA) is 153 Å². The molecule has 41 heavy (non-hydrogen) atoms. The normalized spacial score (nSPS) is 21.7. The van der Waals surface area contributed by atoms with Gasteiger partial charge in [0.05, 0.1) is 25.7 Å². The number of rotatable bonds is 11. The van der Waals surface area contributed by atoms with Gasteiger partial charge in [0, 0.05) is 36.4 Å². The number of carbonyl (C=O) groups excluding carboxylic acids is 3. The van der Waals surface area contributed by atoms with Gasteiger partial charge in [-0.2, -0.15) is 0 Å². The highest BCUT2D eigenvalue weighted by atomic mass is 16.7. The van der Waals surface area contributed by atoms with Gasteiger partial charge < -0.3 is 44.1 Å². The smallest absolute Gasteiger partial charge is 0.249 e. The molecule has 218 valence electrons. The summed E-state index contributed by atoms with van der Waals surface area (Å²) in [5.74, 6) is 0.0337. The molecule has 0 saturated carbocycles. The van der Waals surface area contributed by atoms with Crippen LogP contribution in [0.1, 0.15) is 34.3 Å². The van der Waals surface area contributed by atoms with E-state index in [0.29, 0.717) is 46.8 Å². The van der Waals surface area contributed by atoms with E-state index in [4.69, 9.17) is 23.7 Å². The fraction of sp³-hybridized carbons (Fsp3) is 0.414. The van der Waals surface area contributed by atoms with Crippen molar-refractivity contribution in [3.8, 4) is 23.0 Å². The van der Waals surface area contributed by atoms with Gasteiger partial charge in [0.2, 0.25) is 18.6 Å². The largest absolute Gasteiger partial charge is 0.493 e. The monoisotopic (exact) mass is 568 g/mol. The Hall–Kier alpha value is -4.13. The zero-order chi connectivity index (χ0) is 29.1. The summed E-state index contributed by atoms with van der Waals surface area (Å²) in [6.07, 6.45) is -0.0450. The minimum Gasteiger partial charge on any atom is -0.493 e. The van der Waals surface area contributed by atoms with Crippen LogP contribution in [-0.2, 0) is 20.9 Å². The van der Waals surface area contributed by atoms with Gasteiger partial charge in [-0.05, 0) is 42.8 Å². The predicted molar refractivity (Wildman–Crippen MR) is 143 cm³/mol. The molecule has 0 aromatic heterocycles. The van der Waals surface area contributed by atoms with Gasteiger partial charge in [0.25, 0.3) is 0 Å². The number of benzene rings is 2. The van der Waals surface area contributed by atoms with Gasteiger partial charge in [-0.1, -0.05) is 6.07 Å². The zero-order valence-electron chi connectivity index (χ0n) is 22.7. The van der Waals surface area contributed by atoms with Crippen molar-refractivity contribution in [1.82, 2.24) is 10.2 Å². The van der Waals surface area contributed by atoms with Gasteiger partial charge in [0.1, 0.15) is 25.1 Å². The van der Waals surface area contributed by atoms with Crippen LogP contribution < -0.4 is 24.3 Å². The first kappa shape index (κ1) is 28.4. The number of amides is 2. The SMILES string of the molecule is CCOCC(=O)N(Cc1ccc2c(c1)OCO2)[C@@H]1C=C(C(=O)NCCO)[C@@H]2c3cc(C=O)cc(OC)c3O[C@@H]2[C@H]1O. The van der Waals surface area contributed by atoms with E-state index in [1.807, 2.05) is 0 Å².